The van der Waals surface area contributed by atoms with Gasteiger partial charge in [-0.1, -0.05) is 18.2 Å². The maximum Gasteiger partial charge on any atom is 0.272 e. The van der Waals surface area contributed by atoms with E-state index in [0.717, 1.165) is 10.9 Å². The van der Waals surface area contributed by atoms with E-state index in [9.17, 15) is 4.79 Å². The van der Waals surface area contributed by atoms with Gasteiger partial charge in [0.2, 0.25) is 0 Å². The Morgan fingerprint density at radius 2 is 2.21 bits per heavy atom. The molecule has 0 saturated heterocycles. The van der Waals surface area contributed by atoms with E-state index in [1.165, 1.54) is 10.4 Å². The van der Waals surface area contributed by atoms with Crippen LogP contribution >= 0.6 is 11.3 Å². The maximum absolute atomic E-state index is 12.1. The molecule has 2 aromatic heterocycles. The lowest BCUT2D eigenvalue weighted by atomic mass is 10.2. The number of para-hydroxylation sites is 1. The van der Waals surface area contributed by atoms with Gasteiger partial charge in [0.25, 0.3) is 5.91 Å². The van der Waals surface area contributed by atoms with Gasteiger partial charge in [0, 0.05) is 10.3 Å². The SMILES string of the molecule is Cc1ccsc1CNC(=O)c1n[nH]c2ccccc12. The molecular weight excluding hydrogens is 258 g/mol. The second kappa shape index (κ2) is 4.85. The number of nitrogens with one attached hydrogen (secondary N) is 2. The standard InChI is InChI=1S/C14H13N3OS/c1-9-6-7-19-12(9)8-15-14(18)13-10-4-2-3-5-11(10)16-17-13/h2-7H,8H2,1H3,(H,15,18)(H,16,17). The Kier molecular flexibility index (Phi) is 3.05. The predicted octanol–water partition coefficient (Wildman–Crippen LogP) is 2.86. The fourth-order valence-electron chi connectivity index (χ4n) is 1.97. The lowest BCUT2D eigenvalue weighted by molar-refractivity contribution is 0.0948. The molecule has 19 heavy (non-hydrogen) atoms. The zero-order chi connectivity index (χ0) is 13.2. The van der Waals surface area contributed by atoms with E-state index in [-0.39, 0.29) is 5.91 Å². The molecule has 3 rings (SSSR count). The molecular formula is C14H13N3OS. The topological polar surface area (TPSA) is 57.8 Å². The average Bonchev–Trinajstić information content (AvgIpc) is 3.02. The van der Waals surface area contributed by atoms with Gasteiger partial charge in [0.1, 0.15) is 0 Å². The van der Waals surface area contributed by atoms with E-state index in [0.29, 0.717) is 12.2 Å². The van der Waals surface area contributed by atoms with Crippen molar-refractivity contribution in [2.75, 3.05) is 0 Å². The molecule has 0 saturated carbocycles. The van der Waals surface area contributed by atoms with Gasteiger partial charge in [-0.2, -0.15) is 5.10 Å². The summed E-state index contributed by atoms with van der Waals surface area (Å²) in [4.78, 5) is 13.3. The third-order valence-corrected chi connectivity index (χ3v) is 4.09. The summed E-state index contributed by atoms with van der Waals surface area (Å²) >= 11 is 1.65. The Balaban J connectivity index is 1.79. The summed E-state index contributed by atoms with van der Waals surface area (Å²) in [6.07, 6.45) is 0. The number of nitrogens with zero attached hydrogens (tertiary/aromatic N) is 1. The third-order valence-electron chi connectivity index (χ3n) is 3.06. The number of carbonyl (C=O) groups is 1. The highest BCUT2D eigenvalue weighted by molar-refractivity contribution is 7.10. The number of aromatic nitrogens is 2. The first-order chi connectivity index (χ1) is 9.25. The van der Waals surface area contributed by atoms with Gasteiger partial charge < -0.3 is 5.32 Å². The molecule has 0 unspecified atom stereocenters. The first-order valence-corrected chi connectivity index (χ1v) is 6.88. The number of benzene rings is 1. The van der Waals surface area contributed by atoms with Crippen LogP contribution in [0.3, 0.4) is 0 Å². The minimum atomic E-state index is -0.148. The molecule has 0 radical (unpaired) electrons. The quantitative estimate of drug-likeness (QED) is 0.769. The number of thiophene rings is 1. The van der Waals surface area contributed by atoms with Crippen LogP contribution in [0, 0.1) is 6.92 Å². The van der Waals surface area contributed by atoms with E-state index in [1.807, 2.05) is 36.6 Å². The van der Waals surface area contributed by atoms with Crippen LogP contribution in [0.25, 0.3) is 10.9 Å². The number of hydrogen-bond donors (Lipinski definition) is 2. The molecule has 0 bridgehead atoms. The van der Waals surface area contributed by atoms with Crippen molar-refractivity contribution in [1.82, 2.24) is 15.5 Å². The number of aromatic amines is 1. The first kappa shape index (κ1) is 11.9. The van der Waals surface area contributed by atoms with Gasteiger partial charge in [-0.25, -0.2) is 0 Å². The third kappa shape index (κ3) is 2.24. The normalized spacial score (nSPS) is 10.8. The van der Waals surface area contributed by atoms with Crippen molar-refractivity contribution in [1.29, 1.82) is 0 Å². The Bertz CT molecular complexity index is 729. The number of hydrogen-bond acceptors (Lipinski definition) is 3. The molecule has 3 aromatic rings. The summed E-state index contributed by atoms with van der Waals surface area (Å²) in [7, 11) is 0. The van der Waals surface area contributed by atoms with Crippen LogP contribution < -0.4 is 5.32 Å². The molecule has 2 heterocycles. The Labute approximate surface area is 114 Å². The van der Waals surface area contributed by atoms with Crippen LogP contribution in [0.4, 0.5) is 0 Å². The molecule has 2 N–H and O–H groups in total. The van der Waals surface area contributed by atoms with Gasteiger partial charge in [0.15, 0.2) is 5.69 Å². The summed E-state index contributed by atoms with van der Waals surface area (Å²) in [6.45, 7) is 2.59. The Hall–Kier alpha value is -2.14. The number of amides is 1. The number of carbonyl (C=O) groups excluding carboxylic acids is 1. The van der Waals surface area contributed by atoms with Gasteiger partial charge in [-0.05, 0) is 30.0 Å². The predicted molar refractivity (Wildman–Crippen MR) is 76.3 cm³/mol. The molecule has 1 amide bonds. The summed E-state index contributed by atoms with van der Waals surface area (Å²) in [5.41, 5.74) is 2.53. The number of aryl methyl sites for hydroxylation is 1. The van der Waals surface area contributed by atoms with Crippen molar-refractivity contribution in [3.63, 3.8) is 0 Å². The fraction of sp³-hybridized carbons (Fsp3) is 0.143. The van der Waals surface area contributed by atoms with Crippen LogP contribution in [0.1, 0.15) is 20.9 Å². The van der Waals surface area contributed by atoms with Gasteiger partial charge >= 0.3 is 0 Å². The number of H-pyrrole nitrogens is 1. The van der Waals surface area contributed by atoms with Crippen LogP contribution in [0.15, 0.2) is 35.7 Å². The second-order valence-electron chi connectivity index (χ2n) is 4.33. The minimum absolute atomic E-state index is 0.148. The lowest BCUT2D eigenvalue weighted by Crippen LogP contribution is -2.23. The van der Waals surface area contributed by atoms with E-state index >= 15 is 0 Å². The molecule has 1 aromatic carbocycles. The Morgan fingerprint density at radius 3 is 3.00 bits per heavy atom. The molecule has 0 atom stereocenters. The summed E-state index contributed by atoms with van der Waals surface area (Å²) in [5, 5.41) is 12.7. The number of fused-ring (bicyclic) bond motifs is 1. The van der Waals surface area contributed by atoms with Crippen molar-refractivity contribution < 1.29 is 4.79 Å². The van der Waals surface area contributed by atoms with Crippen LogP contribution in [-0.4, -0.2) is 16.1 Å². The van der Waals surface area contributed by atoms with E-state index < -0.39 is 0 Å². The average molecular weight is 271 g/mol. The molecule has 96 valence electrons. The van der Waals surface area contributed by atoms with Crippen molar-refractivity contribution in [3.05, 3.63) is 51.8 Å². The number of rotatable bonds is 3. The molecule has 5 heteroatoms. The minimum Gasteiger partial charge on any atom is -0.346 e. The molecule has 0 aliphatic rings. The van der Waals surface area contributed by atoms with Crippen molar-refractivity contribution in [2.45, 2.75) is 13.5 Å². The van der Waals surface area contributed by atoms with E-state index in [1.54, 1.807) is 11.3 Å². The fourth-order valence-corrected chi connectivity index (χ4v) is 2.81. The maximum atomic E-state index is 12.1. The molecule has 4 nitrogen and oxygen atoms in total. The molecule has 0 aliphatic heterocycles. The van der Waals surface area contributed by atoms with Crippen LogP contribution in [0.5, 0.6) is 0 Å². The zero-order valence-corrected chi connectivity index (χ0v) is 11.3. The van der Waals surface area contributed by atoms with E-state index in [2.05, 4.69) is 21.6 Å². The highest BCUT2D eigenvalue weighted by Crippen LogP contribution is 2.17. The second-order valence-corrected chi connectivity index (χ2v) is 5.33. The largest absolute Gasteiger partial charge is 0.346 e. The van der Waals surface area contributed by atoms with Gasteiger partial charge in [-0.15, -0.1) is 11.3 Å². The zero-order valence-electron chi connectivity index (χ0n) is 10.4. The van der Waals surface area contributed by atoms with Crippen molar-refractivity contribution >= 4 is 28.1 Å². The van der Waals surface area contributed by atoms with Gasteiger partial charge in [0.05, 0.1) is 12.1 Å². The van der Waals surface area contributed by atoms with Gasteiger partial charge in [-0.3, -0.25) is 9.89 Å². The summed E-state index contributed by atoms with van der Waals surface area (Å²) in [6, 6.07) is 9.66. The van der Waals surface area contributed by atoms with Crippen molar-refractivity contribution in [2.24, 2.45) is 0 Å². The Morgan fingerprint density at radius 1 is 1.37 bits per heavy atom. The van der Waals surface area contributed by atoms with E-state index in [4.69, 9.17) is 0 Å². The monoisotopic (exact) mass is 271 g/mol. The van der Waals surface area contributed by atoms with Crippen LogP contribution in [0.2, 0.25) is 0 Å². The highest BCUT2D eigenvalue weighted by Gasteiger charge is 2.13. The summed E-state index contributed by atoms with van der Waals surface area (Å²) in [5.74, 6) is -0.148. The molecule has 0 fully saturated rings. The lowest BCUT2D eigenvalue weighted by Gasteiger charge is -2.02. The highest BCUT2D eigenvalue weighted by atomic mass is 32.1. The van der Waals surface area contributed by atoms with Crippen LogP contribution in [-0.2, 0) is 6.54 Å². The molecule has 0 spiro atoms. The smallest absolute Gasteiger partial charge is 0.272 e. The molecule has 0 aliphatic carbocycles. The first-order valence-electron chi connectivity index (χ1n) is 6.00. The summed E-state index contributed by atoms with van der Waals surface area (Å²) < 4.78 is 0. The van der Waals surface area contributed by atoms with Crippen molar-refractivity contribution in [3.8, 4) is 0 Å².